The minimum absolute atomic E-state index is 0.00741. The highest BCUT2D eigenvalue weighted by Crippen LogP contribution is 2.14. The van der Waals surface area contributed by atoms with Crippen molar-refractivity contribution in [2.75, 3.05) is 6.61 Å². The summed E-state index contributed by atoms with van der Waals surface area (Å²) in [6.45, 7) is 4.15. The SMILES string of the molecule is CCc1nccn1CC(O)COc1cccc(C(C)=O)c1. The molecule has 0 fully saturated rings. The van der Waals surface area contributed by atoms with Crippen LogP contribution >= 0.6 is 0 Å². The number of Topliss-reactive ketones (excluding diaryl/α,β-unsaturated/α-hetero) is 1. The first kappa shape index (κ1) is 15.3. The third-order valence-corrected chi connectivity index (χ3v) is 3.21. The molecule has 0 saturated heterocycles. The Morgan fingerprint density at radius 1 is 1.48 bits per heavy atom. The monoisotopic (exact) mass is 288 g/mol. The van der Waals surface area contributed by atoms with E-state index in [1.54, 1.807) is 30.5 Å². The number of aromatic nitrogens is 2. The highest BCUT2D eigenvalue weighted by molar-refractivity contribution is 5.94. The van der Waals surface area contributed by atoms with Crippen molar-refractivity contribution in [3.8, 4) is 5.75 Å². The molecule has 1 unspecified atom stereocenters. The average Bonchev–Trinajstić information content (AvgIpc) is 2.92. The summed E-state index contributed by atoms with van der Waals surface area (Å²) >= 11 is 0. The van der Waals surface area contributed by atoms with Crippen molar-refractivity contribution in [3.05, 3.63) is 48.0 Å². The predicted octanol–water partition coefficient (Wildman–Crippen LogP) is 2.09. The summed E-state index contributed by atoms with van der Waals surface area (Å²) in [6.07, 6.45) is 3.76. The van der Waals surface area contributed by atoms with Crippen LogP contribution in [-0.4, -0.2) is 33.2 Å². The Morgan fingerprint density at radius 2 is 2.29 bits per heavy atom. The number of carbonyl (C=O) groups excluding carboxylic acids is 1. The molecule has 0 aliphatic heterocycles. The van der Waals surface area contributed by atoms with E-state index in [1.807, 2.05) is 17.7 Å². The van der Waals surface area contributed by atoms with Gasteiger partial charge in [-0.15, -0.1) is 0 Å². The Bertz CT molecular complexity index is 607. The Balaban J connectivity index is 1.90. The summed E-state index contributed by atoms with van der Waals surface area (Å²) in [5.74, 6) is 1.52. The molecule has 0 spiro atoms. The van der Waals surface area contributed by atoms with Gasteiger partial charge in [-0.25, -0.2) is 4.98 Å². The number of imidazole rings is 1. The Hall–Kier alpha value is -2.14. The average molecular weight is 288 g/mol. The van der Waals surface area contributed by atoms with Gasteiger partial charge in [-0.1, -0.05) is 19.1 Å². The maximum absolute atomic E-state index is 11.3. The molecule has 112 valence electrons. The quantitative estimate of drug-likeness (QED) is 0.792. The first-order valence-corrected chi connectivity index (χ1v) is 7.02. The number of ether oxygens (including phenoxy) is 1. The van der Waals surface area contributed by atoms with Crippen molar-refractivity contribution >= 4 is 5.78 Å². The molecule has 0 bridgehead atoms. The van der Waals surface area contributed by atoms with Gasteiger partial charge < -0.3 is 14.4 Å². The van der Waals surface area contributed by atoms with E-state index < -0.39 is 6.10 Å². The third kappa shape index (κ3) is 4.16. The van der Waals surface area contributed by atoms with Gasteiger partial charge in [0.25, 0.3) is 0 Å². The molecule has 1 heterocycles. The van der Waals surface area contributed by atoms with Crippen molar-refractivity contribution in [3.63, 3.8) is 0 Å². The molecule has 0 aliphatic carbocycles. The molecule has 5 nitrogen and oxygen atoms in total. The summed E-state index contributed by atoms with van der Waals surface area (Å²) in [5, 5.41) is 10.0. The largest absolute Gasteiger partial charge is 0.491 e. The number of hydrogen-bond donors (Lipinski definition) is 1. The van der Waals surface area contributed by atoms with Crippen LogP contribution in [0.4, 0.5) is 0 Å². The smallest absolute Gasteiger partial charge is 0.159 e. The van der Waals surface area contributed by atoms with Crippen molar-refractivity contribution < 1.29 is 14.6 Å². The molecular formula is C16H20N2O3. The molecule has 5 heteroatoms. The maximum Gasteiger partial charge on any atom is 0.159 e. The zero-order valence-corrected chi connectivity index (χ0v) is 12.3. The van der Waals surface area contributed by atoms with Gasteiger partial charge >= 0.3 is 0 Å². The van der Waals surface area contributed by atoms with Gasteiger partial charge in [-0.2, -0.15) is 0 Å². The van der Waals surface area contributed by atoms with E-state index in [1.165, 1.54) is 6.92 Å². The molecular weight excluding hydrogens is 268 g/mol. The second kappa shape index (κ2) is 7.04. The Morgan fingerprint density at radius 3 is 3.00 bits per heavy atom. The molecule has 0 aliphatic rings. The minimum Gasteiger partial charge on any atom is -0.491 e. The second-order valence-corrected chi connectivity index (χ2v) is 4.90. The molecule has 1 aromatic carbocycles. The predicted molar refractivity (Wildman–Crippen MR) is 79.6 cm³/mol. The first-order chi connectivity index (χ1) is 10.1. The number of hydrogen-bond acceptors (Lipinski definition) is 4. The molecule has 0 radical (unpaired) electrons. The molecule has 2 rings (SSSR count). The summed E-state index contributed by atoms with van der Waals surface area (Å²) in [4.78, 5) is 15.5. The third-order valence-electron chi connectivity index (χ3n) is 3.21. The Kier molecular flexibility index (Phi) is 5.11. The lowest BCUT2D eigenvalue weighted by molar-refractivity contribution is 0.0916. The molecule has 0 saturated carbocycles. The van der Waals surface area contributed by atoms with E-state index >= 15 is 0 Å². The van der Waals surface area contributed by atoms with Crippen LogP contribution in [0.3, 0.4) is 0 Å². The van der Waals surface area contributed by atoms with Crippen LogP contribution in [-0.2, 0) is 13.0 Å². The van der Waals surface area contributed by atoms with E-state index in [2.05, 4.69) is 4.98 Å². The van der Waals surface area contributed by atoms with Crippen molar-refractivity contribution in [1.82, 2.24) is 9.55 Å². The van der Waals surface area contributed by atoms with E-state index in [9.17, 15) is 9.90 Å². The summed E-state index contributed by atoms with van der Waals surface area (Å²) in [6, 6.07) is 6.96. The van der Waals surface area contributed by atoms with Crippen LogP contribution < -0.4 is 4.74 Å². The fourth-order valence-corrected chi connectivity index (χ4v) is 2.10. The van der Waals surface area contributed by atoms with E-state index in [0.717, 1.165) is 12.2 Å². The van der Waals surface area contributed by atoms with Gasteiger partial charge in [0, 0.05) is 24.4 Å². The van der Waals surface area contributed by atoms with E-state index in [4.69, 9.17) is 4.74 Å². The number of carbonyl (C=O) groups is 1. The lowest BCUT2D eigenvalue weighted by atomic mass is 10.1. The highest BCUT2D eigenvalue weighted by Gasteiger charge is 2.09. The number of aliphatic hydroxyl groups is 1. The van der Waals surface area contributed by atoms with Crippen LogP contribution in [0.2, 0.25) is 0 Å². The number of rotatable bonds is 7. The van der Waals surface area contributed by atoms with Crippen LogP contribution in [0.5, 0.6) is 5.75 Å². The van der Waals surface area contributed by atoms with Crippen LogP contribution in [0, 0.1) is 0 Å². The van der Waals surface area contributed by atoms with Crippen molar-refractivity contribution in [2.45, 2.75) is 32.9 Å². The number of benzene rings is 1. The topological polar surface area (TPSA) is 64.3 Å². The van der Waals surface area contributed by atoms with Gasteiger partial charge in [0.05, 0.1) is 6.54 Å². The first-order valence-electron chi connectivity index (χ1n) is 7.02. The van der Waals surface area contributed by atoms with Crippen LogP contribution in [0.15, 0.2) is 36.7 Å². The zero-order chi connectivity index (χ0) is 15.2. The molecule has 1 atom stereocenters. The second-order valence-electron chi connectivity index (χ2n) is 4.90. The van der Waals surface area contributed by atoms with E-state index in [0.29, 0.717) is 17.9 Å². The molecule has 21 heavy (non-hydrogen) atoms. The van der Waals surface area contributed by atoms with Gasteiger partial charge in [-0.3, -0.25) is 4.79 Å². The maximum atomic E-state index is 11.3. The molecule has 1 N–H and O–H groups in total. The summed E-state index contributed by atoms with van der Waals surface area (Å²) < 4.78 is 7.46. The van der Waals surface area contributed by atoms with Gasteiger partial charge in [-0.05, 0) is 19.1 Å². The van der Waals surface area contributed by atoms with Crippen LogP contribution in [0.25, 0.3) is 0 Å². The highest BCUT2D eigenvalue weighted by atomic mass is 16.5. The van der Waals surface area contributed by atoms with E-state index in [-0.39, 0.29) is 12.4 Å². The summed E-state index contributed by atoms with van der Waals surface area (Å²) in [5.41, 5.74) is 0.602. The van der Waals surface area contributed by atoms with Crippen LogP contribution in [0.1, 0.15) is 30.0 Å². The van der Waals surface area contributed by atoms with Gasteiger partial charge in [0.15, 0.2) is 5.78 Å². The molecule has 0 amide bonds. The normalized spacial score (nSPS) is 12.1. The van der Waals surface area contributed by atoms with Crippen molar-refractivity contribution in [1.29, 1.82) is 0 Å². The number of ketones is 1. The minimum atomic E-state index is -0.634. The fraction of sp³-hybridized carbons (Fsp3) is 0.375. The number of nitrogens with zero attached hydrogens (tertiary/aromatic N) is 2. The standard InChI is InChI=1S/C16H20N2O3/c1-3-16-17-7-8-18(16)10-14(20)11-21-15-6-4-5-13(9-15)12(2)19/h4-9,14,20H,3,10-11H2,1-2H3. The Labute approximate surface area is 124 Å². The molecule has 1 aromatic heterocycles. The lowest BCUT2D eigenvalue weighted by Gasteiger charge is -2.14. The zero-order valence-electron chi connectivity index (χ0n) is 12.3. The van der Waals surface area contributed by atoms with Gasteiger partial charge in [0.1, 0.15) is 24.3 Å². The fourth-order valence-electron chi connectivity index (χ4n) is 2.10. The van der Waals surface area contributed by atoms with Crippen molar-refractivity contribution in [2.24, 2.45) is 0 Å². The lowest BCUT2D eigenvalue weighted by Crippen LogP contribution is -2.24. The van der Waals surface area contributed by atoms with Gasteiger partial charge in [0.2, 0.25) is 0 Å². The number of aryl methyl sites for hydroxylation is 1. The number of aliphatic hydroxyl groups excluding tert-OH is 1. The summed E-state index contributed by atoms with van der Waals surface area (Å²) in [7, 11) is 0. The molecule has 2 aromatic rings.